The number of unbranched alkanes of at least 4 members (excludes halogenated alkanes) is 43. The maximum absolute atomic E-state index is 12.9. The minimum atomic E-state index is -0.783. The highest BCUT2D eigenvalue weighted by Gasteiger charge is 2.19. The lowest BCUT2D eigenvalue weighted by Gasteiger charge is -2.18. The SMILES string of the molecule is CC/C=C\C/C=C\C/C=C\C/C=C\C/C=C\CCCCCCCC(=O)OC(COC(=O)CCCCCCCCCC)COC(=O)CCCCCCCCCCCCCCCCCCCCCCCCC/C=C\CCCCCCCCCC. The van der Waals surface area contributed by atoms with E-state index in [2.05, 4.69) is 93.7 Å². The summed E-state index contributed by atoms with van der Waals surface area (Å²) in [6.07, 6.45) is 92.6. The first-order valence-electron chi connectivity index (χ1n) is 35.9. The van der Waals surface area contributed by atoms with Crippen molar-refractivity contribution in [3.8, 4) is 0 Å². The van der Waals surface area contributed by atoms with E-state index in [-0.39, 0.29) is 31.1 Å². The molecule has 0 aromatic heterocycles. The number of carbonyl (C=O) groups excluding carboxylic acids is 3. The molecule has 0 aliphatic carbocycles. The van der Waals surface area contributed by atoms with E-state index >= 15 is 0 Å². The molecule has 0 saturated heterocycles. The summed E-state index contributed by atoms with van der Waals surface area (Å²) < 4.78 is 16.9. The van der Waals surface area contributed by atoms with Gasteiger partial charge < -0.3 is 14.2 Å². The smallest absolute Gasteiger partial charge is 0.306 e. The molecule has 6 heteroatoms. The molecular weight excluding hydrogens is 1010 g/mol. The second-order valence-electron chi connectivity index (χ2n) is 24.1. The van der Waals surface area contributed by atoms with Crippen molar-refractivity contribution in [1.29, 1.82) is 0 Å². The van der Waals surface area contributed by atoms with Gasteiger partial charge in [0.25, 0.3) is 0 Å². The zero-order valence-electron chi connectivity index (χ0n) is 54.8. The molecule has 0 saturated carbocycles. The van der Waals surface area contributed by atoms with E-state index in [1.165, 1.54) is 225 Å². The van der Waals surface area contributed by atoms with Gasteiger partial charge in [-0.3, -0.25) is 14.4 Å². The lowest BCUT2D eigenvalue weighted by Crippen LogP contribution is -2.30. The van der Waals surface area contributed by atoms with Crippen LogP contribution in [0.4, 0.5) is 0 Å². The summed E-state index contributed by atoms with van der Waals surface area (Å²) in [4.78, 5) is 38.2. The fourth-order valence-electron chi connectivity index (χ4n) is 10.6. The third kappa shape index (κ3) is 67.6. The highest BCUT2D eigenvalue weighted by Crippen LogP contribution is 2.18. The highest BCUT2D eigenvalue weighted by atomic mass is 16.6. The molecule has 0 amide bonds. The van der Waals surface area contributed by atoms with Crippen LogP contribution in [0, 0.1) is 0 Å². The van der Waals surface area contributed by atoms with E-state index in [1.54, 1.807) is 0 Å². The van der Waals surface area contributed by atoms with Gasteiger partial charge in [0.2, 0.25) is 0 Å². The minimum absolute atomic E-state index is 0.0794. The van der Waals surface area contributed by atoms with E-state index in [0.29, 0.717) is 19.3 Å². The van der Waals surface area contributed by atoms with Gasteiger partial charge in [0.15, 0.2) is 6.10 Å². The topological polar surface area (TPSA) is 78.9 Å². The number of allylic oxidation sites excluding steroid dienone is 12. The number of hydrogen-bond donors (Lipinski definition) is 0. The van der Waals surface area contributed by atoms with E-state index in [1.807, 2.05) is 0 Å². The van der Waals surface area contributed by atoms with Gasteiger partial charge in [-0.25, -0.2) is 0 Å². The number of ether oxygens (including phenoxy) is 3. The van der Waals surface area contributed by atoms with Crippen LogP contribution in [0.5, 0.6) is 0 Å². The Kier molecular flexibility index (Phi) is 67.6. The van der Waals surface area contributed by atoms with Crippen molar-refractivity contribution in [2.45, 2.75) is 380 Å². The second kappa shape index (κ2) is 70.3. The third-order valence-corrected chi connectivity index (χ3v) is 15.9. The van der Waals surface area contributed by atoms with Crippen LogP contribution < -0.4 is 0 Å². The summed E-state index contributed by atoms with van der Waals surface area (Å²) in [5.41, 5.74) is 0. The van der Waals surface area contributed by atoms with E-state index in [9.17, 15) is 14.4 Å². The minimum Gasteiger partial charge on any atom is -0.462 e. The Bertz CT molecular complexity index is 1500. The summed E-state index contributed by atoms with van der Waals surface area (Å²) >= 11 is 0. The number of rotatable bonds is 66. The molecule has 0 rings (SSSR count). The zero-order valence-corrected chi connectivity index (χ0v) is 54.8. The molecule has 1 atom stereocenters. The fraction of sp³-hybridized carbons (Fsp3) is 0.803. The second-order valence-corrected chi connectivity index (χ2v) is 24.1. The summed E-state index contributed by atoms with van der Waals surface area (Å²) in [6, 6.07) is 0. The van der Waals surface area contributed by atoms with Crippen LogP contribution in [-0.2, 0) is 28.6 Å². The van der Waals surface area contributed by atoms with Crippen molar-refractivity contribution >= 4 is 17.9 Å². The molecule has 0 radical (unpaired) electrons. The zero-order chi connectivity index (χ0) is 59.2. The van der Waals surface area contributed by atoms with Crippen LogP contribution in [0.3, 0.4) is 0 Å². The highest BCUT2D eigenvalue weighted by molar-refractivity contribution is 5.71. The van der Waals surface area contributed by atoms with Crippen molar-refractivity contribution in [3.63, 3.8) is 0 Å². The molecule has 0 spiro atoms. The quantitative estimate of drug-likeness (QED) is 0.0261. The average Bonchev–Trinajstić information content (AvgIpc) is 3.48. The molecule has 0 aliphatic heterocycles. The Morgan fingerprint density at radius 3 is 0.756 bits per heavy atom. The fourth-order valence-corrected chi connectivity index (χ4v) is 10.6. The van der Waals surface area contributed by atoms with Gasteiger partial charge in [0.05, 0.1) is 0 Å². The Morgan fingerprint density at radius 1 is 0.256 bits per heavy atom. The van der Waals surface area contributed by atoms with E-state index < -0.39 is 6.10 Å². The first kappa shape index (κ1) is 78.8. The largest absolute Gasteiger partial charge is 0.462 e. The van der Waals surface area contributed by atoms with Crippen molar-refractivity contribution < 1.29 is 28.6 Å². The van der Waals surface area contributed by atoms with E-state index in [4.69, 9.17) is 14.2 Å². The Balaban J connectivity index is 4.02. The predicted octanol–water partition coefficient (Wildman–Crippen LogP) is 24.8. The van der Waals surface area contributed by atoms with Gasteiger partial charge >= 0.3 is 17.9 Å². The molecule has 0 aromatic carbocycles. The van der Waals surface area contributed by atoms with Crippen LogP contribution >= 0.6 is 0 Å². The molecule has 1 unspecified atom stereocenters. The number of carbonyl (C=O) groups is 3. The summed E-state index contributed by atoms with van der Waals surface area (Å²) in [7, 11) is 0. The third-order valence-electron chi connectivity index (χ3n) is 15.9. The molecule has 6 nitrogen and oxygen atoms in total. The predicted molar refractivity (Wildman–Crippen MR) is 358 cm³/mol. The molecule has 0 bridgehead atoms. The normalized spacial score (nSPS) is 12.5. The number of esters is 3. The summed E-state index contributed by atoms with van der Waals surface area (Å²) in [5.74, 6) is -0.885. The van der Waals surface area contributed by atoms with Crippen LogP contribution in [0.25, 0.3) is 0 Å². The van der Waals surface area contributed by atoms with Crippen LogP contribution in [0.15, 0.2) is 72.9 Å². The molecule has 0 aliphatic rings. The van der Waals surface area contributed by atoms with Crippen LogP contribution in [0.1, 0.15) is 374 Å². The molecule has 0 N–H and O–H groups in total. The standard InChI is InChI=1S/C76H136O6/c1-4-7-10-13-16-19-21-23-25-27-29-31-32-33-34-35-36-37-38-39-40-41-42-43-44-46-47-49-51-53-55-57-60-63-66-69-75(78)81-72-73(71-80-74(77)68-65-62-59-18-15-12-9-6-3)82-76(79)70-67-64-61-58-56-54-52-50-48-45-30-28-26-24-22-20-17-14-11-8-5-2/h8,11,17,20,24,26-27,29-30,45,50,52,73H,4-7,9-10,12-16,18-19,21-23,25,28,31-44,46-49,51,53-72H2,1-3H3/b11-8-,20-17-,26-24-,29-27-,45-30-,52-50-. The van der Waals surface area contributed by atoms with Gasteiger partial charge in [0, 0.05) is 19.3 Å². The molecular formula is C76H136O6. The summed E-state index contributed by atoms with van der Waals surface area (Å²) in [5, 5.41) is 0. The molecule has 476 valence electrons. The van der Waals surface area contributed by atoms with Crippen molar-refractivity contribution in [2.75, 3.05) is 13.2 Å². The van der Waals surface area contributed by atoms with Crippen molar-refractivity contribution in [3.05, 3.63) is 72.9 Å². The van der Waals surface area contributed by atoms with Crippen molar-refractivity contribution in [1.82, 2.24) is 0 Å². The summed E-state index contributed by atoms with van der Waals surface area (Å²) in [6.45, 7) is 6.53. The number of hydrogen-bond acceptors (Lipinski definition) is 6. The van der Waals surface area contributed by atoms with Gasteiger partial charge in [-0.1, -0.05) is 338 Å². The van der Waals surface area contributed by atoms with Gasteiger partial charge in [-0.15, -0.1) is 0 Å². The lowest BCUT2D eigenvalue weighted by molar-refractivity contribution is -0.167. The lowest BCUT2D eigenvalue weighted by atomic mass is 10.0. The Labute approximate surface area is 510 Å². The monoisotopic (exact) mass is 1150 g/mol. The van der Waals surface area contributed by atoms with Crippen LogP contribution in [-0.4, -0.2) is 37.2 Å². The first-order valence-corrected chi connectivity index (χ1v) is 35.9. The van der Waals surface area contributed by atoms with Crippen LogP contribution in [0.2, 0.25) is 0 Å². The van der Waals surface area contributed by atoms with Gasteiger partial charge in [0.1, 0.15) is 13.2 Å². The average molecular weight is 1150 g/mol. The Hall–Kier alpha value is -3.15. The molecule has 0 heterocycles. The van der Waals surface area contributed by atoms with E-state index in [0.717, 1.165) is 109 Å². The van der Waals surface area contributed by atoms with Gasteiger partial charge in [-0.05, 0) is 89.9 Å². The Morgan fingerprint density at radius 2 is 0.476 bits per heavy atom. The maximum atomic E-state index is 12.9. The molecule has 0 aromatic rings. The maximum Gasteiger partial charge on any atom is 0.306 e. The molecule has 82 heavy (non-hydrogen) atoms. The molecule has 0 fully saturated rings. The first-order chi connectivity index (χ1) is 40.5. The van der Waals surface area contributed by atoms with Gasteiger partial charge in [-0.2, -0.15) is 0 Å². The van der Waals surface area contributed by atoms with Crippen molar-refractivity contribution in [2.24, 2.45) is 0 Å².